The van der Waals surface area contributed by atoms with Crippen LogP contribution in [0, 0.1) is 5.92 Å². The van der Waals surface area contributed by atoms with Crippen molar-refractivity contribution < 1.29 is 14.7 Å². The Hall–Kier alpha value is -2.82. The molecule has 0 aromatic heterocycles. The predicted molar refractivity (Wildman–Crippen MR) is 88.2 cm³/mol. The molecule has 1 heterocycles. The number of fused-ring (bicyclic) bond motifs is 1. The second-order valence-electron chi connectivity index (χ2n) is 5.65. The van der Waals surface area contributed by atoms with Crippen molar-refractivity contribution in [3.8, 4) is 5.75 Å². The van der Waals surface area contributed by atoms with Crippen molar-refractivity contribution in [3.05, 3.63) is 54.1 Å². The number of phenols is 1. The Morgan fingerprint density at radius 3 is 2.74 bits per heavy atom. The van der Waals surface area contributed by atoms with Gasteiger partial charge in [-0.3, -0.25) is 9.59 Å². The first-order chi connectivity index (χ1) is 11.1. The number of benzene rings is 2. The Morgan fingerprint density at radius 2 is 1.91 bits per heavy atom. The van der Waals surface area contributed by atoms with Gasteiger partial charge in [-0.15, -0.1) is 0 Å². The molecule has 0 radical (unpaired) electrons. The van der Waals surface area contributed by atoms with Crippen molar-refractivity contribution in [3.63, 3.8) is 0 Å². The highest BCUT2D eigenvalue weighted by molar-refractivity contribution is 5.96. The van der Waals surface area contributed by atoms with Gasteiger partial charge in [0.1, 0.15) is 5.75 Å². The minimum absolute atomic E-state index is 0.0326. The zero-order valence-corrected chi connectivity index (χ0v) is 12.6. The van der Waals surface area contributed by atoms with E-state index in [1.54, 1.807) is 18.2 Å². The van der Waals surface area contributed by atoms with Crippen molar-refractivity contribution in [1.82, 2.24) is 0 Å². The van der Waals surface area contributed by atoms with Crippen LogP contribution in [0.4, 0.5) is 11.4 Å². The van der Waals surface area contributed by atoms with Gasteiger partial charge in [0.25, 0.3) is 0 Å². The predicted octanol–water partition coefficient (Wildman–Crippen LogP) is 2.92. The fourth-order valence-electron chi connectivity index (χ4n) is 2.74. The topological polar surface area (TPSA) is 78.4 Å². The molecule has 1 aliphatic heterocycles. The van der Waals surface area contributed by atoms with E-state index in [-0.39, 0.29) is 29.9 Å². The Morgan fingerprint density at radius 1 is 1.17 bits per heavy atom. The maximum atomic E-state index is 12.1. The molecule has 2 aromatic carbocycles. The summed E-state index contributed by atoms with van der Waals surface area (Å²) in [5.74, 6) is -0.428. The highest BCUT2D eigenvalue weighted by Gasteiger charge is 2.26. The highest BCUT2D eigenvalue weighted by Crippen LogP contribution is 2.28. The van der Waals surface area contributed by atoms with Gasteiger partial charge in [-0.25, -0.2) is 0 Å². The van der Waals surface area contributed by atoms with Crippen LogP contribution in [0.25, 0.3) is 0 Å². The molecule has 0 fully saturated rings. The summed E-state index contributed by atoms with van der Waals surface area (Å²) in [7, 11) is 0. The van der Waals surface area contributed by atoms with Crippen LogP contribution in [0.3, 0.4) is 0 Å². The molecule has 3 N–H and O–H groups in total. The first kappa shape index (κ1) is 15.1. The van der Waals surface area contributed by atoms with E-state index in [2.05, 4.69) is 10.6 Å². The zero-order chi connectivity index (χ0) is 16.2. The second kappa shape index (κ2) is 6.52. The van der Waals surface area contributed by atoms with E-state index in [0.29, 0.717) is 18.5 Å². The number of amides is 2. The van der Waals surface area contributed by atoms with Crippen molar-refractivity contribution >= 4 is 23.2 Å². The average Bonchev–Trinajstić information content (AvgIpc) is 2.55. The molecule has 2 aromatic rings. The largest absolute Gasteiger partial charge is 0.506 e. The van der Waals surface area contributed by atoms with Gasteiger partial charge in [0.05, 0.1) is 5.69 Å². The quantitative estimate of drug-likeness (QED) is 0.760. The molecule has 0 saturated carbocycles. The molecule has 1 aliphatic rings. The van der Waals surface area contributed by atoms with Crippen LogP contribution in [-0.4, -0.2) is 16.9 Å². The van der Waals surface area contributed by atoms with E-state index in [0.717, 1.165) is 11.3 Å². The lowest BCUT2D eigenvalue weighted by molar-refractivity contribution is -0.121. The molecular formula is C18H18N2O3. The summed E-state index contributed by atoms with van der Waals surface area (Å²) in [6.45, 7) is 0. The first-order valence-electron chi connectivity index (χ1n) is 7.60. The van der Waals surface area contributed by atoms with Gasteiger partial charge in [0.2, 0.25) is 11.8 Å². The lowest BCUT2D eigenvalue weighted by Crippen LogP contribution is -2.30. The van der Waals surface area contributed by atoms with Crippen LogP contribution < -0.4 is 10.6 Å². The van der Waals surface area contributed by atoms with Crippen LogP contribution in [-0.2, 0) is 16.0 Å². The maximum absolute atomic E-state index is 12.1. The molecule has 0 bridgehead atoms. The summed E-state index contributed by atoms with van der Waals surface area (Å²) >= 11 is 0. The highest BCUT2D eigenvalue weighted by atomic mass is 16.3. The van der Waals surface area contributed by atoms with Gasteiger partial charge >= 0.3 is 0 Å². The number of carbonyl (C=O) groups excluding carboxylic acids is 2. The summed E-state index contributed by atoms with van der Waals surface area (Å²) in [5.41, 5.74) is 2.33. The normalized spacial score (nSPS) is 16.3. The van der Waals surface area contributed by atoms with Crippen LogP contribution in [0.2, 0.25) is 0 Å². The summed E-state index contributed by atoms with van der Waals surface area (Å²) in [4.78, 5) is 24.1. The second-order valence-corrected chi connectivity index (χ2v) is 5.65. The maximum Gasteiger partial charge on any atom is 0.227 e. The Balaban J connectivity index is 1.57. The van der Waals surface area contributed by atoms with Gasteiger partial charge in [0, 0.05) is 18.0 Å². The molecule has 118 valence electrons. The molecule has 1 unspecified atom stereocenters. The number of phenolic OH excluding ortho intramolecular Hbond substituents is 1. The van der Waals surface area contributed by atoms with Crippen LogP contribution in [0.15, 0.2) is 48.5 Å². The van der Waals surface area contributed by atoms with Crippen molar-refractivity contribution in [2.45, 2.75) is 19.3 Å². The summed E-state index contributed by atoms with van der Waals surface area (Å²) in [6.07, 6.45) is 1.35. The standard InChI is InChI=1S/C18H18N2O3/c21-16-8-4-3-7-15(16)19-17(22)10-9-13-11-12-5-1-2-6-14(12)20-18(13)23/h1-8,13,21H,9-11H2,(H,19,22)(H,20,23). The van der Waals surface area contributed by atoms with Gasteiger partial charge in [-0.2, -0.15) is 0 Å². The van der Waals surface area contributed by atoms with E-state index >= 15 is 0 Å². The van der Waals surface area contributed by atoms with E-state index in [9.17, 15) is 14.7 Å². The van der Waals surface area contributed by atoms with Crippen molar-refractivity contribution in [2.75, 3.05) is 10.6 Å². The molecule has 0 saturated heterocycles. The number of anilines is 2. The fraction of sp³-hybridized carbons (Fsp3) is 0.222. The zero-order valence-electron chi connectivity index (χ0n) is 12.6. The van der Waals surface area contributed by atoms with E-state index in [1.165, 1.54) is 6.07 Å². The van der Waals surface area contributed by atoms with Crippen LogP contribution in [0.5, 0.6) is 5.75 Å². The van der Waals surface area contributed by atoms with E-state index in [1.807, 2.05) is 24.3 Å². The molecule has 23 heavy (non-hydrogen) atoms. The third-order valence-electron chi connectivity index (χ3n) is 4.01. The smallest absolute Gasteiger partial charge is 0.227 e. The molecule has 5 nitrogen and oxygen atoms in total. The third kappa shape index (κ3) is 3.51. The Bertz CT molecular complexity index is 743. The van der Waals surface area contributed by atoms with Crippen LogP contribution in [0.1, 0.15) is 18.4 Å². The number of aromatic hydroxyl groups is 1. The lowest BCUT2D eigenvalue weighted by atomic mass is 9.89. The Kier molecular flexibility index (Phi) is 4.28. The molecule has 5 heteroatoms. The molecular weight excluding hydrogens is 292 g/mol. The average molecular weight is 310 g/mol. The number of hydrogen-bond donors (Lipinski definition) is 3. The van der Waals surface area contributed by atoms with Crippen molar-refractivity contribution in [1.29, 1.82) is 0 Å². The molecule has 0 aliphatic carbocycles. The SMILES string of the molecule is O=C(CCC1Cc2ccccc2NC1=O)Nc1ccccc1O. The number of carbonyl (C=O) groups is 2. The van der Waals surface area contributed by atoms with Gasteiger partial charge in [-0.1, -0.05) is 30.3 Å². The van der Waals surface area contributed by atoms with Crippen LogP contribution >= 0.6 is 0 Å². The minimum atomic E-state index is -0.210. The third-order valence-corrected chi connectivity index (χ3v) is 4.01. The molecule has 1 atom stereocenters. The van der Waals surface area contributed by atoms with E-state index < -0.39 is 0 Å². The fourth-order valence-corrected chi connectivity index (χ4v) is 2.74. The minimum Gasteiger partial charge on any atom is -0.506 e. The number of rotatable bonds is 4. The summed E-state index contributed by atoms with van der Waals surface area (Å²) in [6, 6.07) is 14.3. The Labute approximate surface area is 134 Å². The summed E-state index contributed by atoms with van der Waals surface area (Å²) in [5, 5.41) is 15.2. The monoisotopic (exact) mass is 310 g/mol. The summed E-state index contributed by atoms with van der Waals surface area (Å²) < 4.78 is 0. The molecule has 0 spiro atoms. The van der Waals surface area contributed by atoms with Gasteiger partial charge in [0.15, 0.2) is 0 Å². The first-order valence-corrected chi connectivity index (χ1v) is 7.60. The van der Waals surface area contributed by atoms with Gasteiger partial charge < -0.3 is 15.7 Å². The number of nitrogens with one attached hydrogen (secondary N) is 2. The number of hydrogen-bond acceptors (Lipinski definition) is 3. The molecule has 3 rings (SSSR count). The van der Waals surface area contributed by atoms with Gasteiger partial charge in [-0.05, 0) is 36.6 Å². The number of para-hydroxylation sites is 3. The lowest BCUT2D eigenvalue weighted by Gasteiger charge is -2.24. The van der Waals surface area contributed by atoms with E-state index in [4.69, 9.17) is 0 Å². The molecule has 2 amide bonds. The van der Waals surface area contributed by atoms with Crippen molar-refractivity contribution in [2.24, 2.45) is 5.92 Å².